The molecule has 0 spiro atoms. The maximum atomic E-state index is 10.0. The summed E-state index contributed by atoms with van der Waals surface area (Å²) in [6, 6.07) is 6.11. The van der Waals surface area contributed by atoms with E-state index >= 15 is 0 Å². The summed E-state index contributed by atoms with van der Waals surface area (Å²) in [6.07, 6.45) is 10.4. The standard InChI is InChI=1S/C26H40O3/c1-18(7-5-11-25(2,3)29)23-9-10-24-22(8-6-12-26(23,24)4)21-14-19(16-27)13-20(15-21)17-28/h8,13-15,18,23-24,27-29H,5-7,9-12,16-17H2,1-4H3/t18?,23?,24?,26-/m1/s1. The van der Waals surface area contributed by atoms with Gasteiger partial charge in [-0.05, 0) is 104 Å². The lowest BCUT2D eigenvalue weighted by molar-refractivity contribution is 0.0620. The first kappa shape index (κ1) is 22.5. The monoisotopic (exact) mass is 400 g/mol. The second-order valence-electron chi connectivity index (χ2n) is 10.5. The molecule has 0 heterocycles. The molecule has 0 amide bonds. The molecule has 1 saturated carbocycles. The van der Waals surface area contributed by atoms with Crippen molar-refractivity contribution in [2.45, 2.75) is 91.5 Å². The van der Waals surface area contributed by atoms with Crippen molar-refractivity contribution < 1.29 is 15.3 Å². The zero-order valence-electron chi connectivity index (χ0n) is 18.7. The maximum Gasteiger partial charge on any atom is 0.0682 e. The van der Waals surface area contributed by atoms with Crippen molar-refractivity contribution in [1.82, 2.24) is 0 Å². The lowest BCUT2D eigenvalue weighted by Crippen LogP contribution is -2.35. The minimum absolute atomic E-state index is 0.0108. The van der Waals surface area contributed by atoms with Gasteiger partial charge in [0.15, 0.2) is 0 Å². The zero-order chi connectivity index (χ0) is 21.2. The molecule has 0 saturated heterocycles. The highest BCUT2D eigenvalue weighted by molar-refractivity contribution is 5.70. The fourth-order valence-corrected chi connectivity index (χ4v) is 6.24. The number of hydrogen-bond acceptors (Lipinski definition) is 3. The molecule has 0 aromatic heterocycles. The van der Waals surface area contributed by atoms with Gasteiger partial charge in [0.2, 0.25) is 0 Å². The summed E-state index contributed by atoms with van der Waals surface area (Å²) in [7, 11) is 0. The largest absolute Gasteiger partial charge is 0.392 e. The summed E-state index contributed by atoms with van der Waals surface area (Å²) >= 11 is 0. The van der Waals surface area contributed by atoms with Gasteiger partial charge < -0.3 is 15.3 Å². The van der Waals surface area contributed by atoms with Crippen molar-refractivity contribution >= 4 is 5.57 Å². The molecule has 29 heavy (non-hydrogen) atoms. The SMILES string of the molecule is CC(CCCC(C)(C)O)C1CCC2C(c3cc(CO)cc(CO)c3)=CCC[C@@]21C. The fourth-order valence-electron chi connectivity index (χ4n) is 6.24. The molecule has 0 bridgehead atoms. The van der Waals surface area contributed by atoms with E-state index in [0.717, 1.165) is 36.3 Å². The molecular weight excluding hydrogens is 360 g/mol. The molecular formula is C26H40O3. The molecule has 2 aliphatic rings. The number of aliphatic hydroxyl groups is 3. The predicted octanol–water partition coefficient (Wildman–Crippen LogP) is 5.46. The molecule has 0 aliphatic heterocycles. The summed E-state index contributed by atoms with van der Waals surface area (Å²) < 4.78 is 0. The normalized spacial score (nSPS) is 28.2. The third kappa shape index (κ3) is 4.95. The van der Waals surface area contributed by atoms with Crippen LogP contribution in [0.5, 0.6) is 0 Å². The van der Waals surface area contributed by atoms with E-state index < -0.39 is 5.60 Å². The van der Waals surface area contributed by atoms with Crippen molar-refractivity contribution in [3.05, 3.63) is 41.0 Å². The number of hydrogen-bond donors (Lipinski definition) is 3. The van der Waals surface area contributed by atoms with Crippen LogP contribution < -0.4 is 0 Å². The van der Waals surface area contributed by atoms with Gasteiger partial charge in [-0.15, -0.1) is 0 Å². The first-order chi connectivity index (χ1) is 13.7. The van der Waals surface area contributed by atoms with Gasteiger partial charge in [-0.3, -0.25) is 0 Å². The molecule has 3 rings (SSSR count). The molecule has 2 aliphatic carbocycles. The highest BCUT2D eigenvalue weighted by Crippen LogP contribution is 2.60. The van der Waals surface area contributed by atoms with Crippen LogP contribution in [-0.2, 0) is 13.2 Å². The van der Waals surface area contributed by atoms with Gasteiger partial charge in [-0.2, -0.15) is 0 Å². The van der Waals surface area contributed by atoms with E-state index in [1.54, 1.807) is 0 Å². The van der Waals surface area contributed by atoms with Crippen molar-refractivity contribution in [3.8, 4) is 0 Å². The number of rotatable bonds is 8. The Morgan fingerprint density at radius 1 is 1.10 bits per heavy atom. The van der Waals surface area contributed by atoms with Crippen LogP contribution in [-0.4, -0.2) is 20.9 Å². The second kappa shape index (κ2) is 8.91. The van der Waals surface area contributed by atoms with Crippen molar-refractivity contribution in [2.24, 2.45) is 23.2 Å². The Morgan fingerprint density at radius 2 is 1.76 bits per heavy atom. The molecule has 3 heteroatoms. The quantitative estimate of drug-likeness (QED) is 0.543. The first-order valence-electron chi connectivity index (χ1n) is 11.5. The van der Waals surface area contributed by atoms with Crippen LogP contribution in [0.15, 0.2) is 24.3 Å². The molecule has 3 nitrogen and oxygen atoms in total. The lowest BCUT2D eigenvalue weighted by Gasteiger charge is -2.43. The summed E-state index contributed by atoms with van der Waals surface area (Å²) in [6.45, 7) is 8.75. The van der Waals surface area contributed by atoms with Crippen LogP contribution in [0.25, 0.3) is 5.57 Å². The average molecular weight is 401 g/mol. The van der Waals surface area contributed by atoms with E-state index in [1.807, 2.05) is 19.9 Å². The van der Waals surface area contributed by atoms with E-state index in [2.05, 4.69) is 32.1 Å². The van der Waals surface area contributed by atoms with E-state index in [4.69, 9.17) is 0 Å². The van der Waals surface area contributed by atoms with Crippen LogP contribution in [0.3, 0.4) is 0 Å². The zero-order valence-corrected chi connectivity index (χ0v) is 18.7. The Balaban J connectivity index is 1.79. The number of fused-ring (bicyclic) bond motifs is 1. The summed E-state index contributed by atoms with van der Waals surface area (Å²) in [4.78, 5) is 0. The second-order valence-corrected chi connectivity index (χ2v) is 10.5. The molecule has 1 fully saturated rings. The molecule has 0 radical (unpaired) electrons. The van der Waals surface area contributed by atoms with Gasteiger partial charge in [0.1, 0.15) is 0 Å². The van der Waals surface area contributed by atoms with Crippen molar-refractivity contribution in [2.75, 3.05) is 0 Å². The maximum absolute atomic E-state index is 10.0. The van der Waals surface area contributed by atoms with E-state index in [-0.39, 0.29) is 13.2 Å². The Labute approximate surface area is 176 Å². The van der Waals surface area contributed by atoms with Crippen LogP contribution in [0.2, 0.25) is 0 Å². The van der Waals surface area contributed by atoms with E-state index in [1.165, 1.54) is 36.8 Å². The third-order valence-corrected chi connectivity index (χ3v) is 7.72. The van der Waals surface area contributed by atoms with Gasteiger partial charge in [-0.25, -0.2) is 0 Å². The van der Waals surface area contributed by atoms with Gasteiger partial charge in [0, 0.05) is 0 Å². The van der Waals surface area contributed by atoms with Gasteiger partial charge >= 0.3 is 0 Å². The highest BCUT2D eigenvalue weighted by atomic mass is 16.3. The van der Waals surface area contributed by atoms with Gasteiger partial charge in [0.05, 0.1) is 18.8 Å². The predicted molar refractivity (Wildman–Crippen MR) is 119 cm³/mol. The molecule has 1 aromatic carbocycles. The van der Waals surface area contributed by atoms with Crippen LogP contribution >= 0.6 is 0 Å². The number of aliphatic hydroxyl groups excluding tert-OH is 2. The van der Waals surface area contributed by atoms with Gasteiger partial charge in [0.25, 0.3) is 0 Å². The Morgan fingerprint density at radius 3 is 2.34 bits per heavy atom. The van der Waals surface area contributed by atoms with Crippen LogP contribution in [0.4, 0.5) is 0 Å². The Hall–Kier alpha value is -1.16. The van der Waals surface area contributed by atoms with E-state index in [0.29, 0.717) is 17.3 Å². The molecule has 3 unspecified atom stereocenters. The van der Waals surface area contributed by atoms with Crippen LogP contribution in [0.1, 0.15) is 89.3 Å². The number of allylic oxidation sites excluding steroid dienone is 2. The summed E-state index contributed by atoms with van der Waals surface area (Å²) in [5.74, 6) is 1.94. The van der Waals surface area contributed by atoms with Crippen LogP contribution in [0, 0.1) is 23.2 Å². The minimum atomic E-state index is -0.565. The van der Waals surface area contributed by atoms with Crippen molar-refractivity contribution in [1.29, 1.82) is 0 Å². The molecule has 162 valence electrons. The highest BCUT2D eigenvalue weighted by Gasteiger charge is 2.50. The third-order valence-electron chi connectivity index (χ3n) is 7.72. The topological polar surface area (TPSA) is 60.7 Å². The molecule has 1 aromatic rings. The number of benzene rings is 1. The summed E-state index contributed by atoms with van der Waals surface area (Å²) in [5.41, 5.74) is 4.13. The molecule has 4 atom stereocenters. The van der Waals surface area contributed by atoms with Crippen molar-refractivity contribution in [3.63, 3.8) is 0 Å². The first-order valence-corrected chi connectivity index (χ1v) is 11.5. The molecule has 3 N–H and O–H groups in total. The van der Waals surface area contributed by atoms with Gasteiger partial charge in [-0.1, -0.05) is 38.8 Å². The van der Waals surface area contributed by atoms with E-state index in [9.17, 15) is 15.3 Å². The summed E-state index contributed by atoms with van der Waals surface area (Å²) in [5, 5.41) is 29.3. The fraction of sp³-hybridized carbons (Fsp3) is 0.692. The lowest BCUT2D eigenvalue weighted by atomic mass is 9.61. The Bertz CT molecular complexity index is 708. The minimum Gasteiger partial charge on any atom is -0.392 e. The average Bonchev–Trinajstić information content (AvgIpc) is 3.03. The Kier molecular flexibility index (Phi) is 6.92. The smallest absolute Gasteiger partial charge is 0.0682 e.